The summed E-state index contributed by atoms with van der Waals surface area (Å²) >= 11 is 2.63. The average Bonchev–Trinajstić information content (AvgIpc) is 3.22. The van der Waals surface area contributed by atoms with E-state index in [2.05, 4.69) is 0 Å². The number of benzene rings is 2. The van der Waals surface area contributed by atoms with E-state index in [-0.39, 0.29) is 23.0 Å². The molecule has 2 aromatic carbocycles. The Morgan fingerprint density at radius 2 is 1.84 bits per heavy atom. The van der Waals surface area contributed by atoms with E-state index in [4.69, 9.17) is 4.98 Å². The lowest BCUT2D eigenvalue weighted by atomic mass is 10.1. The topological polar surface area (TPSA) is 55.2 Å². The standard InChI is InChI=1S/C24H22FN3O2S2/c1-4-28-23(30)22-21(19(13-31-22)16-7-5-15(2)6-8-16)26-24(28)32-14-20(29)27(3)18-11-9-17(25)10-12-18/h5-13H,4,14H2,1-3H3. The number of rotatable bonds is 6. The number of thioether (sulfide) groups is 1. The minimum atomic E-state index is -0.353. The van der Waals surface area contributed by atoms with E-state index >= 15 is 0 Å². The molecule has 0 saturated carbocycles. The second kappa shape index (κ2) is 9.26. The van der Waals surface area contributed by atoms with Gasteiger partial charge in [0.15, 0.2) is 5.16 Å². The number of aromatic nitrogens is 2. The third kappa shape index (κ3) is 4.33. The van der Waals surface area contributed by atoms with E-state index in [0.29, 0.717) is 27.6 Å². The summed E-state index contributed by atoms with van der Waals surface area (Å²) in [5.41, 5.74) is 4.26. The number of carbonyl (C=O) groups excluding carboxylic acids is 1. The summed E-state index contributed by atoms with van der Waals surface area (Å²) in [7, 11) is 1.65. The molecule has 0 spiro atoms. The summed E-state index contributed by atoms with van der Waals surface area (Å²) < 4.78 is 15.4. The highest BCUT2D eigenvalue weighted by molar-refractivity contribution is 7.99. The van der Waals surface area contributed by atoms with Gasteiger partial charge in [0.2, 0.25) is 5.91 Å². The lowest BCUT2D eigenvalue weighted by molar-refractivity contribution is -0.115. The largest absolute Gasteiger partial charge is 0.315 e. The highest BCUT2D eigenvalue weighted by Crippen LogP contribution is 2.32. The first-order valence-electron chi connectivity index (χ1n) is 10.1. The van der Waals surface area contributed by atoms with Crippen molar-refractivity contribution in [2.24, 2.45) is 0 Å². The van der Waals surface area contributed by atoms with Crippen LogP contribution in [0.1, 0.15) is 12.5 Å². The van der Waals surface area contributed by atoms with Crippen LogP contribution in [0.4, 0.5) is 10.1 Å². The van der Waals surface area contributed by atoms with E-state index in [1.807, 2.05) is 43.5 Å². The maximum atomic E-state index is 13.2. The van der Waals surface area contributed by atoms with Crippen molar-refractivity contribution in [2.75, 3.05) is 17.7 Å². The normalized spacial score (nSPS) is 11.1. The molecule has 0 saturated heterocycles. The van der Waals surface area contributed by atoms with Crippen LogP contribution in [0.5, 0.6) is 0 Å². The number of anilines is 1. The van der Waals surface area contributed by atoms with Gasteiger partial charge in [0.05, 0.1) is 11.3 Å². The molecule has 0 fully saturated rings. The molecule has 0 radical (unpaired) electrons. The van der Waals surface area contributed by atoms with Gasteiger partial charge in [0, 0.05) is 30.2 Å². The number of aryl methyl sites for hydroxylation is 1. The predicted octanol–water partition coefficient (Wildman–Crippen LogP) is 5.35. The third-order valence-corrected chi connectivity index (χ3v) is 7.15. The van der Waals surface area contributed by atoms with Gasteiger partial charge in [-0.2, -0.15) is 0 Å². The summed E-state index contributed by atoms with van der Waals surface area (Å²) in [5.74, 6) is -0.410. The van der Waals surface area contributed by atoms with Crippen molar-refractivity contribution >= 4 is 44.9 Å². The minimum absolute atomic E-state index is 0.0947. The maximum Gasteiger partial charge on any atom is 0.272 e. The minimum Gasteiger partial charge on any atom is -0.315 e. The van der Waals surface area contributed by atoms with Crippen molar-refractivity contribution in [1.29, 1.82) is 0 Å². The van der Waals surface area contributed by atoms with Crippen LogP contribution >= 0.6 is 23.1 Å². The lowest BCUT2D eigenvalue weighted by Crippen LogP contribution is -2.28. The van der Waals surface area contributed by atoms with Crippen molar-refractivity contribution in [1.82, 2.24) is 9.55 Å². The highest BCUT2D eigenvalue weighted by Gasteiger charge is 2.18. The van der Waals surface area contributed by atoms with Crippen LogP contribution in [0, 0.1) is 12.7 Å². The monoisotopic (exact) mass is 467 g/mol. The van der Waals surface area contributed by atoms with Gasteiger partial charge >= 0.3 is 0 Å². The van der Waals surface area contributed by atoms with Gasteiger partial charge in [-0.15, -0.1) is 11.3 Å². The van der Waals surface area contributed by atoms with Crippen molar-refractivity contribution in [3.05, 3.63) is 75.6 Å². The number of carbonyl (C=O) groups is 1. The summed E-state index contributed by atoms with van der Waals surface area (Å²) in [4.78, 5) is 32.1. The molecule has 4 rings (SSSR count). The number of thiophene rings is 1. The number of halogens is 1. The van der Waals surface area contributed by atoms with Gasteiger partial charge < -0.3 is 4.90 Å². The Morgan fingerprint density at radius 3 is 2.50 bits per heavy atom. The zero-order chi connectivity index (χ0) is 22.8. The first kappa shape index (κ1) is 22.2. The maximum absolute atomic E-state index is 13.2. The molecular weight excluding hydrogens is 445 g/mol. The van der Waals surface area contributed by atoms with Crippen LogP contribution in [-0.2, 0) is 11.3 Å². The van der Waals surface area contributed by atoms with Crippen molar-refractivity contribution in [3.63, 3.8) is 0 Å². The zero-order valence-corrected chi connectivity index (χ0v) is 19.6. The van der Waals surface area contributed by atoms with Crippen LogP contribution in [0.2, 0.25) is 0 Å². The Kier molecular flexibility index (Phi) is 6.43. The molecule has 0 unspecified atom stereocenters. The van der Waals surface area contributed by atoms with Crippen molar-refractivity contribution < 1.29 is 9.18 Å². The van der Waals surface area contributed by atoms with Crippen LogP contribution < -0.4 is 10.5 Å². The summed E-state index contributed by atoms with van der Waals surface area (Å²) in [6, 6.07) is 13.9. The van der Waals surface area contributed by atoms with E-state index < -0.39 is 0 Å². The van der Waals surface area contributed by atoms with Crippen LogP contribution in [-0.4, -0.2) is 28.3 Å². The molecule has 0 aliphatic heterocycles. The Morgan fingerprint density at radius 1 is 1.16 bits per heavy atom. The molecule has 0 atom stereocenters. The fourth-order valence-corrected chi connectivity index (χ4v) is 5.27. The molecule has 2 heterocycles. The summed E-state index contributed by atoms with van der Waals surface area (Å²) in [5, 5.41) is 2.48. The molecule has 8 heteroatoms. The fraction of sp³-hybridized carbons (Fsp3) is 0.208. The number of hydrogen-bond acceptors (Lipinski definition) is 5. The van der Waals surface area contributed by atoms with Gasteiger partial charge in [-0.3, -0.25) is 14.2 Å². The number of hydrogen-bond donors (Lipinski definition) is 0. The number of amides is 1. The molecule has 0 aliphatic carbocycles. The predicted molar refractivity (Wildman–Crippen MR) is 130 cm³/mol. The molecule has 0 aliphatic rings. The summed E-state index contributed by atoms with van der Waals surface area (Å²) in [6.45, 7) is 4.38. The molecule has 164 valence electrons. The quantitative estimate of drug-likeness (QED) is 0.283. The Bertz CT molecular complexity index is 1330. The molecule has 0 bridgehead atoms. The molecular formula is C24H22FN3O2S2. The smallest absolute Gasteiger partial charge is 0.272 e. The first-order valence-corrected chi connectivity index (χ1v) is 12.0. The Labute approximate surface area is 193 Å². The van der Waals surface area contributed by atoms with Crippen molar-refractivity contribution in [2.45, 2.75) is 25.5 Å². The first-order chi connectivity index (χ1) is 15.4. The molecule has 1 amide bonds. The van der Waals surface area contributed by atoms with E-state index in [9.17, 15) is 14.0 Å². The molecule has 32 heavy (non-hydrogen) atoms. The van der Waals surface area contributed by atoms with E-state index in [0.717, 1.165) is 16.7 Å². The highest BCUT2D eigenvalue weighted by atomic mass is 32.2. The van der Waals surface area contributed by atoms with E-state index in [1.54, 1.807) is 23.7 Å². The SMILES string of the molecule is CCn1c(SCC(=O)N(C)c2ccc(F)cc2)nc2c(-c3ccc(C)cc3)csc2c1=O. The Hall–Kier alpha value is -2.97. The second-order valence-electron chi connectivity index (χ2n) is 7.35. The molecule has 4 aromatic rings. The van der Waals surface area contributed by atoms with Gasteiger partial charge in [-0.1, -0.05) is 41.6 Å². The van der Waals surface area contributed by atoms with Gasteiger partial charge in [-0.25, -0.2) is 9.37 Å². The van der Waals surface area contributed by atoms with Gasteiger partial charge in [0.1, 0.15) is 10.5 Å². The van der Waals surface area contributed by atoms with Gasteiger partial charge in [0.25, 0.3) is 5.56 Å². The molecule has 5 nitrogen and oxygen atoms in total. The summed E-state index contributed by atoms with van der Waals surface area (Å²) in [6.07, 6.45) is 0. The zero-order valence-electron chi connectivity index (χ0n) is 18.0. The average molecular weight is 468 g/mol. The van der Waals surface area contributed by atoms with Gasteiger partial charge in [-0.05, 0) is 43.7 Å². The number of nitrogens with zero attached hydrogens (tertiary/aromatic N) is 3. The van der Waals surface area contributed by atoms with Crippen LogP contribution in [0.15, 0.2) is 63.9 Å². The third-order valence-electron chi connectivity index (χ3n) is 5.23. The molecule has 0 N–H and O–H groups in total. The number of fused-ring (bicyclic) bond motifs is 1. The lowest BCUT2D eigenvalue weighted by Gasteiger charge is -2.17. The van der Waals surface area contributed by atoms with Crippen LogP contribution in [0.25, 0.3) is 21.3 Å². The van der Waals surface area contributed by atoms with Crippen LogP contribution in [0.3, 0.4) is 0 Å². The molecule has 2 aromatic heterocycles. The second-order valence-corrected chi connectivity index (χ2v) is 9.18. The van der Waals surface area contributed by atoms with Crippen molar-refractivity contribution in [3.8, 4) is 11.1 Å². The van der Waals surface area contributed by atoms with E-state index in [1.165, 1.54) is 40.1 Å². The fourth-order valence-electron chi connectivity index (χ4n) is 3.34. The Balaban J connectivity index is 1.64.